The van der Waals surface area contributed by atoms with Crippen LogP contribution >= 0.6 is 0 Å². The predicted molar refractivity (Wildman–Crippen MR) is 110 cm³/mol. The summed E-state index contributed by atoms with van der Waals surface area (Å²) in [6.45, 7) is 0.0332. The van der Waals surface area contributed by atoms with Crippen molar-refractivity contribution in [2.45, 2.75) is 17.7 Å². The summed E-state index contributed by atoms with van der Waals surface area (Å²) in [5.41, 5.74) is 0.130. The van der Waals surface area contributed by atoms with Crippen molar-refractivity contribution < 1.29 is 30.8 Å². The zero-order valence-corrected chi connectivity index (χ0v) is 17.2. The minimum atomic E-state index is -4.37. The van der Waals surface area contributed by atoms with Gasteiger partial charge < -0.3 is 5.32 Å². The van der Waals surface area contributed by atoms with Gasteiger partial charge in [-0.05, 0) is 54.8 Å². The molecule has 166 valence electrons. The van der Waals surface area contributed by atoms with Gasteiger partial charge in [-0.15, -0.1) is 0 Å². The van der Waals surface area contributed by atoms with E-state index in [9.17, 15) is 30.8 Å². The van der Waals surface area contributed by atoms with Crippen LogP contribution < -0.4 is 9.62 Å². The third-order valence-electron chi connectivity index (χ3n) is 5.07. The Hall–Kier alpha value is -3.40. The highest BCUT2D eigenvalue weighted by Gasteiger charge is 2.32. The number of benzene rings is 3. The minimum Gasteiger partial charge on any atom is -0.322 e. The van der Waals surface area contributed by atoms with Crippen LogP contribution in [0.2, 0.25) is 0 Å². The first-order valence-electron chi connectivity index (χ1n) is 9.54. The van der Waals surface area contributed by atoms with Crippen molar-refractivity contribution in [2.75, 3.05) is 16.2 Å². The predicted octanol–water partition coefficient (Wildman–Crippen LogP) is 4.64. The number of nitrogens with one attached hydrogen (secondary N) is 1. The second-order valence-corrected chi connectivity index (χ2v) is 8.98. The first kappa shape index (κ1) is 21.8. The van der Waals surface area contributed by atoms with E-state index in [1.165, 1.54) is 12.1 Å². The Morgan fingerprint density at radius 1 is 0.906 bits per heavy atom. The molecule has 3 aromatic carbocycles. The van der Waals surface area contributed by atoms with Crippen molar-refractivity contribution in [1.82, 2.24) is 0 Å². The van der Waals surface area contributed by atoms with E-state index in [1.807, 2.05) is 0 Å². The second-order valence-electron chi connectivity index (χ2n) is 7.15. The minimum absolute atomic E-state index is 0.0332. The maximum Gasteiger partial charge on any atom is 0.267 e. The van der Waals surface area contributed by atoms with Crippen LogP contribution in [0.15, 0.2) is 59.5 Å². The molecule has 0 aliphatic carbocycles. The van der Waals surface area contributed by atoms with Gasteiger partial charge in [-0.2, -0.15) is 0 Å². The van der Waals surface area contributed by atoms with Gasteiger partial charge in [-0.3, -0.25) is 9.10 Å². The number of hydrogen-bond acceptors (Lipinski definition) is 3. The topological polar surface area (TPSA) is 66.5 Å². The zero-order chi connectivity index (χ0) is 23.0. The molecule has 0 radical (unpaired) electrons. The molecule has 1 aliphatic heterocycles. The highest BCUT2D eigenvalue weighted by atomic mass is 32.2. The Kier molecular flexibility index (Phi) is 5.64. The number of aryl methyl sites for hydroxylation is 1. The summed E-state index contributed by atoms with van der Waals surface area (Å²) < 4.78 is 82.4. The van der Waals surface area contributed by atoms with Gasteiger partial charge in [0.05, 0.1) is 5.69 Å². The number of anilines is 2. The summed E-state index contributed by atoms with van der Waals surface area (Å²) in [4.78, 5) is 11.7. The second kappa shape index (κ2) is 8.27. The quantitative estimate of drug-likeness (QED) is 0.573. The Balaban J connectivity index is 1.70. The molecular formula is C22H16F4N2O3S. The van der Waals surface area contributed by atoms with E-state index in [-0.39, 0.29) is 17.9 Å². The normalized spacial score (nSPS) is 13.6. The maximum absolute atomic E-state index is 14.2. The monoisotopic (exact) mass is 464 g/mol. The Morgan fingerprint density at radius 2 is 1.62 bits per heavy atom. The zero-order valence-electron chi connectivity index (χ0n) is 16.4. The Morgan fingerprint density at radius 3 is 2.31 bits per heavy atom. The van der Waals surface area contributed by atoms with Gasteiger partial charge in [0.1, 0.15) is 33.7 Å². The molecule has 0 unspecified atom stereocenters. The molecule has 5 nitrogen and oxygen atoms in total. The fraction of sp³-hybridized carbons (Fsp3) is 0.136. The Labute approximate surface area is 181 Å². The van der Waals surface area contributed by atoms with Crippen molar-refractivity contribution in [3.05, 3.63) is 89.0 Å². The summed E-state index contributed by atoms with van der Waals surface area (Å²) in [5, 5.41) is 2.36. The van der Waals surface area contributed by atoms with Gasteiger partial charge in [-0.1, -0.05) is 12.1 Å². The maximum atomic E-state index is 14.2. The van der Waals surface area contributed by atoms with Crippen LogP contribution in [0.5, 0.6) is 0 Å². The van der Waals surface area contributed by atoms with E-state index in [2.05, 4.69) is 5.32 Å². The molecule has 0 atom stereocenters. The standard InChI is InChI=1S/C22H16F4N2O3S/c23-14-7-9-20(18(26)11-14)32(30,31)28-10-2-3-13-6-8-15(12-19(13)28)27-22(29)21-16(24)4-1-5-17(21)25/h1,4-9,11-12H,2-3,10H2,(H,27,29). The largest absolute Gasteiger partial charge is 0.322 e. The number of carbonyl (C=O) groups is 1. The highest BCUT2D eigenvalue weighted by molar-refractivity contribution is 7.92. The lowest BCUT2D eigenvalue weighted by molar-refractivity contribution is 0.101. The van der Waals surface area contributed by atoms with Crippen LogP contribution in [0.3, 0.4) is 0 Å². The SMILES string of the molecule is O=C(Nc1ccc2c(c1)N(S(=O)(=O)c1ccc(F)cc1F)CCC2)c1c(F)cccc1F. The van der Waals surface area contributed by atoms with Gasteiger partial charge in [0, 0.05) is 18.3 Å². The highest BCUT2D eigenvalue weighted by Crippen LogP contribution is 2.35. The van der Waals surface area contributed by atoms with Crippen LogP contribution in [-0.4, -0.2) is 20.9 Å². The molecule has 0 saturated carbocycles. The molecule has 10 heteroatoms. The summed E-state index contributed by atoms with van der Waals surface area (Å²) in [6.07, 6.45) is 0.991. The first-order chi connectivity index (χ1) is 15.2. The molecule has 0 bridgehead atoms. The number of carbonyl (C=O) groups excluding carboxylic acids is 1. The number of hydrogen-bond donors (Lipinski definition) is 1. The van der Waals surface area contributed by atoms with Crippen molar-refractivity contribution in [2.24, 2.45) is 0 Å². The molecule has 0 saturated heterocycles. The molecule has 0 fully saturated rings. The fourth-order valence-corrected chi connectivity index (χ4v) is 5.16. The average molecular weight is 464 g/mol. The molecule has 1 amide bonds. The van der Waals surface area contributed by atoms with E-state index in [0.717, 1.165) is 34.6 Å². The summed E-state index contributed by atoms with van der Waals surface area (Å²) in [7, 11) is -4.37. The molecule has 0 spiro atoms. The third-order valence-corrected chi connectivity index (χ3v) is 6.92. The van der Waals surface area contributed by atoms with Crippen LogP contribution in [0.25, 0.3) is 0 Å². The first-order valence-corrected chi connectivity index (χ1v) is 11.0. The molecular weight excluding hydrogens is 448 g/mol. The molecule has 1 heterocycles. The fourth-order valence-electron chi connectivity index (χ4n) is 3.58. The average Bonchev–Trinajstić information content (AvgIpc) is 2.72. The Bertz CT molecular complexity index is 1310. The van der Waals surface area contributed by atoms with Crippen LogP contribution in [0, 0.1) is 23.3 Å². The summed E-state index contributed by atoms with van der Waals surface area (Å²) in [6, 6.07) is 9.57. The van der Waals surface area contributed by atoms with E-state index in [1.54, 1.807) is 6.07 Å². The van der Waals surface area contributed by atoms with Crippen LogP contribution in [-0.2, 0) is 16.4 Å². The molecule has 32 heavy (non-hydrogen) atoms. The van der Waals surface area contributed by atoms with Crippen molar-refractivity contribution in [3.8, 4) is 0 Å². The van der Waals surface area contributed by atoms with Crippen molar-refractivity contribution >= 4 is 27.3 Å². The molecule has 1 aliphatic rings. The number of rotatable bonds is 4. The van der Waals surface area contributed by atoms with Crippen LogP contribution in [0.4, 0.5) is 28.9 Å². The van der Waals surface area contributed by atoms with E-state index in [4.69, 9.17) is 0 Å². The number of sulfonamides is 1. The lowest BCUT2D eigenvalue weighted by Gasteiger charge is -2.31. The van der Waals surface area contributed by atoms with Gasteiger partial charge in [0.2, 0.25) is 0 Å². The number of amides is 1. The van der Waals surface area contributed by atoms with Gasteiger partial charge in [0.15, 0.2) is 0 Å². The molecule has 0 aromatic heterocycles. The van der Waals surface area contributed by atoms with Crippen LogP contribution in [0.1, 0.15) is 22.3 Å². The third kappa shape index (κ3) is 3.93. The molecule has 4 rings (SSSR count). The van der Waals surface area contributed by atoms with Gasteiger partial charge in [0.25, 0.3) is 15.9 Å². The van der Waals surface area contributed by atoms with E-state index < -0.39 is 49.7 Å². The lowest BCUT2D eigenvalue weighted by atomic mass is 10.0. The molecule has 3 aromatic rings. The number of halogens is 4. The summed E-state index contributed by atoms with van der Waals surface area (Å²) in [5.74, 6) is -5.27. The summed E-state index contributed by atoms with van der Waals surface area (Å²) >= 11 is 0. The number of fused-ring (bicyclic) bond motifs is 1. The van der Waals surface area contributed by atoms with Crippen molar-refractivity contribution in [3.63, 3.8) is 0 Å². The van der Waals surface area contributed by atoms with E-state index >= 15 is 0 Å². The lowest BCUT2D eigenvalue weighted by Crippen LogP contribution is -2.36. The molecule has 1 N–H and O–H groups in total. The van der Waals surface area contributed by atoms with Gasteiger partial charge >= 0.3 is 0 Å². The number of nitrogens with zero attached hydrogens (tertiary/aromatic N) is 1. The van der Waals surface area contributed by atoms with E-state index in [0.29, 0.717) is 24.5 Å². The van der Waals surface area contributed by atoms with Gasteiger partial charge in [-0.25, -0.2) is 26.0 Å². The van der Waals surface area contributed by atoms with Crippen molar-refractivity contribution in [1.29, 1.82) is 0 Å². The smallest absolute Gasteiger partial charge is 0.267 e.